The fourth-order valence-corrected chi connectivity index (χ4v) is 2.38. The van der Waals surface area contributed by atoms with Gasteiger partial charge >= 0.3 is 0 Å². The lowest BCUT2D eigenvalue weighted by Crippen LogP contribution is -2.25. The standard InChI is InChI=1S/C17H25NO/c1-10(2)12-8-7-11(3)15-13(12)9-14(19-15)16(18)17(4,5)6/h7-10,16H,18H2,1-6H3. The first-order valence-electron chi connectivity index (χ1n) is 7.00. The zero-order valence-electron chi connectivity index (χ0n) is 12.9. The van der Waals surface area contributed by atoms with Crippen molar-refractivity contribution in [1.29, 1.82) is 0 Å². The SMILES string of the molecule is Cc1ccc(C(C)C)c2cc(C(N)C(C)(C)C)oc12. The molecule has 0 amide bonds. The predicted molar refractivity (Wildman–Crippen MR) is 81.4 cm³/mol. The molecule has 1 atom stereocenters. The Kier molecular flexibility index (Phi) is 3.48. The molecule has 1 heterocycles. The molecule has 19 heavy (non-hydrogen) atoms. The van der Waals surface area contributed by atoms with Crippen LogP contribution in [0.3, 0.4) is 0 Å². The summed E-state index contributed by atoms with van der Waals surface area (Å²) in [6.07, 6.45) is 0. The number of rotatable bonds is 2. The highest BCUT2D eigenvalue weighted by atomic mass is 16.3. The Hall–Kier alpha value is -1.28. The van der Waals surface area contributed by atoms with Crippen molar-refractivity contribution < 1.29 is 4.42 Å². The van der Waals surface area contributed by atoms with E-state index in [1.54, 1.807) is 0 Å². The van der Waals surface area contributed by atoms with Crippen LogP contribution in [0.2, 0.25) is 0 Å². The van der Waals surface area contributed by atoms with E-state index in [-0.39, 0.29) is 11.5 Å². The van der Waals surface area contributed by atoms with Gasteiger partial charge < -0.3 is 10.2 Å². The van der Waals surface area contributed by atoms with E-state index in [4.69, 9.17) is 10.2 Å². The molecule has 0 aliphatic heterocycles. The van der Waals surface area contributed by atoms with Crippen LogP contribution in [0.25, 0.3) is 11.0 Å². The van der Waals surface area contributed by atoms with Crippen molar-refractivity contribution in [2.45, 2.75) is 53.5 Å². The lowest BCUT2D eigenvalue weighted by Gasteiger charge is -2.24. The summed E-state index contributed by atoms with van der Waals surface area (Å²) in [4.78, 5) is 0. The first kappa shape index (κ1) is 14.1. The lowest BCUT2D eigenvalue weighted by atomic mass is 9.86. The van der Waals surface area contributed by atoms with Gasteiger partial charge in [0.2, 0.25) is 0 Å². The molecule has 0 aliphatic carbocycles. The molecular formula is C17H25NO. The van der Waals surface area contributed by atoms with Crippen LogP contribution < -0.4 is 5.73 Å². The van der Waals surface area contributed by atoms with Gasteiger partial charge in [0.25, 0.3) is 0 Å². The Morgan fingerprint density at radius 3 is 2.32 bits per heavy atom. The third-order valence-corrected chi connectivity index (χ3v) is 3.79. The van der Waals surface area contributed by atoms with Gasteiger partial charge in [-0.05, 0) is 35.4 Å². The van der Waals surface area contributed by atoms with Crippen molar-refractivity contribution in [3.63, 3.8) is 0 Å². The number of nitrogens with two attached hydrogens (primary N) is 1. The Labute approximate surface area is 116 Å². The Balaban J connectivity index is 2.63. The lowest BCUT2D eigenvalue weighted by molar-refractivity contribution is 0.290. The fraction of sp³-hybridized carbons (Fsp3) is 0.529. The monoisotopic (exact) mass is 259 g/mol. The average Bonchev–Trinajstić information content (AvgIpc) is 2.72. The van der Waals surface area contributed by atoms with Crippen molar-refractivity contribution in [2.75, 3.05) is 0 Å². The first-order valence-corrected chi connectivity index (χ1v) is 7.00. The molecule has 2 N–H and O–H groups in total. The van der Waals surface area contributed by atoms with E-state index < -0.39 is 0 Å². The second-order valence-electron chi connectivity index (χ2n) is 6.86. The third kappa shape index (κ3) is 2.55. The van der Waals surface area contributed by atoms with E-state index >= 15 is 0 Å². The van der Waals surface area contributed by atoms with Gasteiger partial charge in [-0.25, -0.2) is 0 Å². The molecule has 104 valence electrons. The van der Waals surface area contributed by atoms with E-state index in [2.05, 4.69) is 59.7 Å². The van der Waals surface area contributed by atoms with Crippen molar-refractivity contribution in [1.82, 2.24) is 0 Å². The minimum Gasteiger partial charge on any atom is -0.459 e. The van der Waals surface area contributed by atoms with Gasteiger partial charge in [0.05, 0.1) is 6.04 Å². The van der Waals surface area contributed by atoms with Crippen LogP contribution in [-0.4, -0.2) is 0 Å². The molecule has 0 bridgehead atoms. The van der Waals surface area contributed by atoms with Crippen LogP contribution in [0, 0.1) is 12.3 Å². The van der Waals surface area contributed by atoms with Crippen LogP contribution in [0.1, 0.15) is 63.5 Å². The fourth-order valence-electron chi connectivity index (χ4n) is 2.38. The maximum absolute atomic E-state index is 6.32. The van der Waals surface area contributed by atoms with E-state index in [1.807, 2.05) is 0 Å². The molecule has 0 aliphatic rings. The van der Waals surface area contributed by atoms with Gasteiger partial charge in [-0.15, -0.1) is 0 Å². The van der Waals surface area contributed by atoms with Crippen LogP contribution in [0.5, 0.6) is 0 Å². The van der Waals surface area contributed by atoms with Gasteiger partial charge in [-0.3, -0.25) is 0 Å². The van der Waals surface area contributed by atoms with Gasteiger partial charge in [-0.2, -0.15) is 0 Å². The molecule has 2 aromatic rings. The van der Waals surface area contributed by atoms with E-state index in [9.17, 15) is 0 Å². The Morgan fingerprint density at radius 1 is 1.16 bits per heavy atom. The van der Waals surface area contributed by atoms with Crippen molar-refractivity contribution >= 4 is 11.0 Å². The van der Waals surface area contributed by atoms with Crippen LogP contribution in [0.15, 0.2) is 22.6 Å². The first-order chi connectivity index (χ1) is 8.71. The summed E-state index contributed by atoms with van der Waals surface area (Å²) in [5, 5.41) is 1.21. The molecule has 2 rings (SSSR count). The van der Waals surface area contributed by atoms with Crippen molar-refractivity contribution in [2.24, 2.45) is 11.1 Å². The highest BCUT2D eigenvalue weighted by Gasteiger charge is 2.26. The number of fused-ring (bicyclic) bond motifs is 1. The average molecular weight is 259 g/mol. The van der Waals surface area contributed by atoms with E-state index in [0.717, 1.165) is 11.3 Å². The molecule has 0 saturated heterocycles. The molecule has 1 aromatic carbocycles. The number of hydrogen-bond donors (Lipinski definition) is 1. The van der Waals surface area contributed by atoms with Crippen molar-refractivity contribution in [3.8, 4) is 0 Å². The van der Waals surface area contributed by atoms with Crippen molar-refractivity contribution in [3.05, 3.63) is 35.1 Å². The minimum atomic E-state index is -0.0840. The maximum Gasteiger partial charge on any atom is 0.137 e. The Bertz CT molecular complexity index is 587. The summed E-state index contributed by atoms with van der Waals surface area (Å²) in [6, 6.07) is 6.38. The molecule has 2 heteroatoms. The Morgan fingerprint density at radius 2 is 1.79 bits per heavy atom. The molecular weight excluding hydrogens is 234 g/mol. The zero-order valence-corrected chi connectivity index (χ0v) is 12.9. The molecule has 0 spiro atoms. The summed E-state index contributed by atoms with van der Waals surface area (Å²) >= 11 is 0. The van der Waals surface area contributed by atoms with Crippen LogP contribution in [-0.2, 0) is 0 Å². The number of aryl methyl sites for hydroxylation is 1. The second-order valence-corrected chi connectivity index (χ2v) is 6.86. The van der Waals surface area contributed by atoms with Gasteiger partial charge in [-0.1, -0.05) is 46.8 Å². The maximum atomic E-state index is 6.32. The molecule has 2 nitrogen and oxygen atoms in total. The predicted octanol–water partition coefficient (Wildman–Crippen LogP) is 4.91. The second kappa shape index (κ2) is 4.68. The van der Waals surface area contributed by atoms with Gasteiger partial charge in [0.1, 0.15) is 11.3 Å². The topological polar surface area (TPSA) is 39.2 Å². The normalized spacial score (nSPS) is 14.3. The minimum absolute atomic E-state index is 0.000223. The smallest absolute Gasteiger partial charge is 0.137 e. The number of hydrogen-bond acceptors (Lipinski definition) is 2. The summed E-state index contributed by atoms with van der Waals surface area (Å²) in [5.74, 6) is 1.37. The largest absolute Gasteiger partial charge is 0.459 e. The van der Waals surface area contributed by atoms with E-state index in [0.29, 0.717) is 5.92 Å². The highest BCUT2D eigenvalue weighted by Crippen LogP contribution is 2.37. The highest BCUT2D eigenvalue weighted by molar-refractivity contribution is 5.85. The molecule has 0 radical (unpaired) electrons. The van der Waals surface area contributed by atoms with E-state index in [1.165, 1.54) is 16.5 Å². The number of benzene rings is 1. The summed E-state index contributed by atoms with van der Waals surface area (Å²) in [5.41, 5.74) is 9.81. The summed E-state index contributed by atoms with van der Waals surface area (Å²) < 4.78 is 6.05. The molecule has 0 saturated carbocycles. The zero-order chi connectivity index (χ0) is 14.4. The molecule has 0 fully saturated rings. The number of furan rings is 1. The van der Waals surface area contributed by atoms with Gasteiger partial charge in [0, 0.05) is 5.39 Å². The summed E-state index contributed by atoms with van der Waals surface area (Å²) in [7, 11) is 0. The summed E-state index contributed by atoms with van der Waals surface area (Å²) in [6.45, 7) is 12.9. The van der Waals surface area contributed by atoms with Crippen LogP contribution in [0.4, 0.5) is 0 Å². The molecule has 1 unspecified atom stereocenters. The molecule has 1 aromatic heterocycles. The quantitative estimate of drug-likeness (QED) is 0.832. The third-order valence-electron chi connectivity index (χ3n) is 3.79. The van der Waals surface area contributed by atoms with Crippen LogP contribution >= 0.6 is 0 Å². The van der Waals surface area contributed by atoms with Gasteiger partial charge in [0.15, 0.2) is 0 Å².